The summed E-state index contributed by atoms with van der Waals surface area (Å²) in [5.74, 6) is 8.63. The highest BCUT2D eigenvalue weighted by Gasteiger charge is 2.19. The van der Waals surface area contributed by atoms with Crippen LogP contribution in [0.25, 0.3) is 11.4 Å². The van der Waals surface area contributed by atoms with E-state index in [9.17, 15) is 4.79 Å². The Balaban J connectivity index is 2.15. The number of benzene rings is 1. The van der Waals surface area contributed by atoms with Gasteiger partial charge in [-0.3, -0.25) is 4.79 Å². The van der Waals surface area contributed by atoms with Crippen molar-refractivity contribution in [3.63, 3.8) is 0 Å². The predicted octanol–water partition coefficient (Wildman–Crippen LogP) is 1.54. The molecule has 0 radical (unpaired) electrons. The predicted molar refractivity (Wildman–Crippen MR) is 87.8 cm³/mol. The minimum absolute atomic E-state index is 0.185. The molecule has 0 bridgehead atoms. The largest absolute Gasteiger partial charge is 0.344 e. The zero-order valence-electron chi connectivity index (χ0n) is 11.8. The molecule has 0 saturated heterocycles. The van der Waals surface area contributed by atoms with Crippen molar-refractivity contribution in [2.75, 3.05) is 12.4 Å². The smallest absolute Gasteiger partial charge is 0.234 e. The summed E-state index contributed by atoms with van der Waals surface area (Å²) in [6.45, 7) is 1.93. The number of halogens is 1. The molecule has 1 aromatic heterocycles. The van der Waals surface area contributed by atoms with Crippen LogP contribution in [-0.4, -0.2) is 32.6 Å². The lowest BCUT2D eigenvalue weighted by molar-refractivity contribution is -0.120. The van der Waals surface area contributed by atoms with E-state index >= 15 is 0 Å². The van der Waals surface area contributed by atoms with Gasteiger partial charge in [-0.25, -0.2) is 4.68 Å². The molecule has 8 heteroatoms. The Bertz CT molecular complexity index is 724. The van der Waals surface area contributed by atoms with Crippen LogP contribution >= 0.6 is 23.4 Å². The second-order valence-corrected chi connectivity index (χ2v) is 6.11. The fourth-order valence-electron chi connectivity index (χ4n) is 1.68. The van der Waals surface area contributed by atoms with E-state index in [4.69, 9.17) is 23.9 Å². The number of nitrogens with zero attached hydrogens (tertiary/aromatic N) is 3. The summed E-state index contributed by atoms with van der Waals surface area (Å²) in [5.41, 5.74) is 0.749. The van der Waals surface area contributed by atoms with Crippen LogP contribution in [-0.2, 0) is 4.79 Å². The molecule has 3 N–H and O–H groups in total. The Kier molecular flexibility index (Phi) is 5.31. The quantitative estimate of drug-likeness (QED) is 0.492. The van der Waals surface area contributed by atoms with Crippen molar-refractivity contribution in [2.24, 2.45) is 0 Å². The molecule has 2 aromatic rings. The summed E-state index contributed by atoms with van der Waals surface area (Å²) < 4.78 is 1.33. The van der Waals surface area contributed by atoms with E-state index in [1.807, 2.05) is 6.07 Å². The van der Waals surface area contributed by atoms with Crippen molar-refractivity contribution < 1.29 is 4.79 Å². The Morgan fingerprint density at radius 1 is 1.59 bits per heavy atom. The number of nitrogen functional groups attached to an aromatic ring is 1. The molecular weight excluding hydrogens is 322 g/mol. The summed E-state index contributed by atoms with van der Waals surface area (Å²) in [7, 11) is 0. The fourth-order valence-corrected chi connectivity index (χ4v) is 2.66. The molecule has 0 spiro atoms. The van der Waals surface area contributed by atoms with Crippen molar-refractivity contribution >= 4 is 29.3 Å². The van der Waals surface area contributed by atoms with Crippen molar-refractivity contribution in [3.8, 4) is 23.7 Å². The van der Waals surface area contributed by atoms with Crippen LogP contribution in [0.15, 0.2) is 29.4 Å². The molecule has 22 heavy (non-hydrogen) atoms. The molecule has 1 heterocycles. The van der Waals surface area contributed by atoms with Crippen LogP contribution in [0.4, 0.5) is 0 Å². The summed E-state index contributed by atoms with van der Waals surface area (Å²) in [6, 6.07) is 7.13. The van der Waals surface area contributed by atoms with Gasteiger partial charge in [0.25, 0.3) is 0 Å². The Hall–Kier alpha value is -2.17. The number of aromatic nitrogens is 3. The van der Waals surface area contributed by atoms with Crippen molar-refractivity contribution in [2.45, 2.75) is 17.3 Å². The molecule has 1 atom stereocenters. The Morgan fingerprint density at radius 3 is 3.05 bits per heavy atom. The highest BCUT2D eigenvalue weighted by molar-refractivity contribution is 8.00. The van der Waals surface area contributed by atoms with Gasteiger partial charge in [-0.15, -0.1) is 16.6 Å². The molecule has 0 fully saturated rings. The third-order valence-corrected chi connectivity index (χ3v) is 4.06. The number of nitrogens with one attached hydrogen (secondary N) is 1. The molecule has 0 aliphatic carbocycles. The van der Waals surface area contributed by atoms with Crippen LogP contribution in [0, 0.1) is 12.3 Å². The van der Waals surface area contributed by atoms with E-state index in [-0.39, 0.29) is 12.5 Å². The first-order valence-corrected chi connectivity index (χ1v) is 7.63. The molecule has 0 aliphatic rings. The highest BCUT2D eigenvalue weighted by atomic mass is 35.5. The maximum atomic E-state index is 11.8. The lowest BCUT2D eigenvalue weighted by atomic mass is 10.2. The van der Waals surface area contributed by atoms with E-state index < -0.39 is 5.25 Å². The monoisotopic (exact) mass is 335 g/mol. The number of thioether (sulfide) groups is 1. The number of nitrogens with two attached hydrogens (primary N) is 1. The molecule has 0 aliphatic heterocycles. The minimum atomic E-state index is -0.396. The second kappa shape index (κ2) is 7.20. The number of amides is 1. The van der Waals surface area contributed by atoms with Crippen LogP contribution in [0.2, 0.25) is 5.02 Å². The van der Waals surface area contributed by atoms with Gasteiger partial charge in [-0.1, -0.05) is 41.4 Å². The van der Waals surface area contributed by atoms with Crippen molar-refractivity contribution in [1.82, 2.24) is 20.2 Å². The summed E-state index contributed by atoms with van der Waals surface area (Å²) >= 11 is 7.15. The van der Waals surface area contributed by atoms with E-state index in [0.29, 0.717) is 16.0 Å². The van der Waals surface area contributed by atoms with E-state index in [0.717, 1.165) is 5.56 Å². The number of carbonyl (C=O) groups excluding carboxylic acids is 1. The molecule has 0 saturated carbocycles. The normalized spacial score (nSPS) is 11.7. The van der Waals surface area contributed by atoms with Gasteiger partial charge in [0.15, 0.2) is 5.82 Å². The average molecular weight is 336 g/mol. The molecule has 1 amide bonds. The second-order valence-electron chi connectivity index (χ2n) is 4.37. The Morgan fingerprint density at radius 2 is 2.36 bits per heavy atom. The Labute approximate surface area is 137 Å². The summed E-state index contributed by atoms with van der Waals surface area (Å²) in [6.07, 6.45) is 5.10. The summed E-state index contributed by atoms with van der Waals surface area (Å²) in [4.78, 5) is 11.8. The lowest BCUT2D eigenvalue weighted by Crippen LogP contribution is -2.31. The maximum absolute atomic E-state index is 11.8. The number of rotatable bonds is 5. The van der Waals surface area contributed by atoms with E-state index in [1.165, 1.54) is 16.4 Å². The van der Waals surface area contributed by atoms with E-state index in [1.54, 1.807) is 25.1 Å². The summed E-state index contributed by atoms with van der Waals surface area (Å²) in [5, 5.41) is 11.3. The van der Waals surface area contributed by atoms with Crippen LogP contribution in [0.5, 0.6) is 0 Å². The van der Waals surface area contributed by atoms with Gasteiger partial charge in [-0.2, -0.15) is 0 Å². The van der Waals surface area contributed by atoms with Gasteiger partial charge in [0.2, 0.25) is 11.1 Å². The van der Waals surface area contributed by atoms with Gasteiger partial charge in [0.1, 0.15) is 0 Å². The first kappa shape index (κ1) is 16.2. The third-order valence-electron chi connectivity index (χ3n) is 2.76. The molecule has 114 valence electrons. The number of terminal acetylenes is 1. The van der Waals surface area contributed by atoms with Crippen molar-refractivity contribution in [1.29, 1.82) is 0 Å². The molecular formula is C14H14ClN5OS. The van der Waals surface area contributed by atoms with Gasteiger partial charge >= 0.3 is 0 Å². The zero-order chi connectivity index (χ0) is 16.1. The molecule has 2 rings (SSSR count). The number of hydrogen-bond acceptors (Lipinski definition) is 5. The van der Waals surface area contributed by atoms with Crippen LogP contribution in [0.3, 0.4) is 0 Å². The van der Waals surface area contributed by atoms with Crippen LogP contribution in [0.1, 0.15) is 6.92 Å². The lowest BCUT2D eigenvalue weighted by Gasteiger charge is -2.10. The molecule has 1 unspecified atom stereocenters. The fraction of sp³-hybridized carbons (Fsp3) is 0.214. The first-order chi connectivity index (χ1) is 10.5. The molecule has 6 nitrogen and oxygen atoms in total. The van der Waals surface area contributed by atoms with E-state index in [2.05, 4.69) is 21.4 Å². The highest BCUT2D eigenvalue weighted by Crippen LogP contribution is 2.26. The minimum Gasteiger partial charge on any atom is -0.344 e. The zero-order valence-corrected chi connectivity index (χ0v) is 13.4. The maximum Gasteiger partial charge on any atom is 0.234 e. The third kappa shape index (κ3) is 3.72. The first-order valence-electron chi connectivity index (χ1n) is 6.37. The average Bonchev–Trinajstić information content (AvgIpc) is 2.86. The van der Waals surface area contributed by atoms with Gasteiger partial charge in [-0.05, 0) is 19.1 Å². The van der Waals surface area contributed by atoms with Crippen LogP contribution < -0.4 is 11.2 Å². The van der Waals surface area contributed by atoms with Gasteiger partial charge in [0, 0.05) is 10.6 Å². The van der Waals surface area contributed by atoms with Gasteiger partial charge < -0.3 is 11.2 Å². The number of carbonyl (C=O) groups is 1. The van der Waals surface area contributed by atoms with Gasteiger partial charge in [0.05, 0.1) is 11.8 Å². The van der Waals surface area contributed by atoms with Crippen molar-refractivity contribution in [3.05, 3.63) is 29.3 Å². The standard InChI is InChI=1S/C14H14ClN5OS/c1-3-7-17-13(21)9(2)22-14-19-18-12(20(14)16)10-5-4-6-11(15)8-10/h1,4-6,8-9H,7,16H2,2H3,(H,17,21). The number of hydrogen-bond donors (Lipinski definition) is 2. The molecule has 1 aromatic carbocycles. The SMILES string of the molecule is C#CCNC(=O)C(C)Sc1nnc(-c2cccc(Cl)c2)n1N. The topological polar surface area (TPSA) is 85.8 Å².